The number of ketones is 1. The van der Waals surface area contributed by atoms with E-state index >= 15 is 4.39 Å². The Bertz CT molecular complexity index is 1150. The molecule has 3 rings (SSSR count). The van der Waals surface area contributed by atoms with E-state index in [1.54, 1.807) is 6.07 Å². The fraction of sp³-hybridized carbons (Fsp3) is 0.391. The van der Waals surface area contributed by atoms with Crippen LogP contribution >= 0.6 is 0 Å². The second-order valence-corrected chi connectivity index (χ2v) is 8.71. The second kappa shape index (κ2) is 11.3. The Morgan fingerprint density at radius 1 is 1.24 bits per heavy atom. The van der Waals surface area contributed by atoms with Crippen molar-refractivity contribution in [2.45, 2.75) is 27.2 Å². The lowest BCUT2D eigenvalue weighted by Crippen LogP contribution is -2.27. The van der Waals surface area contributed by atoms with Crippen LogP contribution in [0.15, 0.2) is 30.6 Å². The Kier molecular flexibility index (Phi) is 8.51. The minimum Gasteiger partial charge on any atom is -0.491 e. The van der Waals surface area contributed by atoms with Gasteiger partial charge in [0.2, 0.25) is 5.78 Å². The molecule has 0 amide bonds. The summed E-state index contributed by atoms with van der Waals surface area (Å²) in [6.45, 7) is 8.96. The average molecular weight is 479 g/mol. The molecule has 2 heterocycles. The van der Waals surface area contributed by atoms with Gasteiger partial charge in [0.25, 0.3) is 0 Å². The van der Waals surface area contributed by atoms with Gasteiger partial charge in [-0.3, -0.25) is 4.79 Å². The molecule has 0 spiro atoms. The van der Waals surface area contributed by atoms with Crippen LogP contribution in [0.4, 0.5) is 14.5 Å². The molecule has 0 saturated heterocycles. The molecule has 1 aromatic carbocycles. The number of ether oxygens (including phenoxy) is 1. The highest BCUT2D eigenvalue weighted by Crippen LogP contribution is 2.28. The SMILES string of the molecule is CCCS(=O)Nc1ccc(F)c(C(=O)c2c[nH]c3ncc(OCCN(CC)CC)cc23)c1F. The van der Waals surface area contributed by atoms with Gasteiger partial charge in [0.1, 0.15) is 34.8 Å². The van der Waals surface area contributed by atoms with Crippen molar-refractivity contribution in [2.75, 3.05) is 36.7 Å². The number of H-pyrrole nitrogens is 1. The molecule has 0 aliphatic heterocycles. The number of aromatic nitrogens is 2. The molecule has 178 valence electrons. The van der Waals surface area contributed by atoms with Crippen molar-refractivity contribution in [3.63, 3.8) is 0 Å². The zero-order valence-electron chi connectivity index (χ0n) is 18.9. The van der Waals surface area contributed by atoms with Crippen molar-refractivity contribution in [1.29, 1.82) is 0 Å². The van der Waals surface area contributed by atoms with E-state index < -0.39 is 34.0 Å². The van der Waals surface area contributed by atoms with Crippen LogP contribution in [-0.4, -0.2) is 56.9 Å². The number of hydrogen-bond acceptors (Lipinski definition) is 5. The maximum absolute atomic E-state index is 15.1. The van der Waals surface area contributed by atoms with E-state index in [4.69, 9.17) is 4.74 Å². The molecule has 0 radical (unpaired) electrons. The third-order valence-corrected chi connectivity index (χ3v) is 6.48. The topological polar surface area (TPSA) is 87.3 Å². The van der Waals surface area contributed by atoms with E-state index in [1.807, 2.05) is 6.92 Å². The molecule has 0 aliphatic carbocycles. The molecule has 33 heavy (non-hydrogen) atoms. The van der Waals surface area contributed by atoms with Crippen LogP contribution < -0.4 is 9.46 Å². The van der Waals surface area contributed by atoms with Gasteiger partial charge in [0, 0.05) is 29.4 Å². The number of pyridine rings is 1. The first-order valence-electron chi connectivity index (χ1n) is 10.9. The largest absolute Gasteiger partial charge is 0.491 e. The van der Waals surface area contributed by atoms with Crippen LogP contribution in [-0.2, 0) is 11.0 Å². The number of halogens is 2. The Hall–Kier alpha value is -2.85. The van der Waals surface area contributed by atoms with Gasteiger partial charge in [0.05, 0.1) is 17.4 Å². The van der Waals surface area contributed by atoms with Crippen molar-refractivity contribution in [2.24, 2.45) is 0 Å². The van der Waals surface area contributed by atoms with Gasteiger partial charge in [-0.2, -0.15) is 0 Å². The van der Waals surface area contributed by atoms with Crippen molar-refractivity contribution >= 4 is 33.5 Å². The van der Waals surface area contributed by atoms with Crippen molar-refractivity contribution in [3.8, 4) is 5.75 Å². The van der Waals surface area contributed by atoms with Gasteiger partial charge >= 0.3 is 0 Å². The zero-order chi connectivity index (χ0) is 24.0. The van der Waals surface area contributed by atoms with Crippen LogP contribution in [0, 0.1) is 11.6 Å². The molecule has 7 nitrogen and oxygen atoms in total. The summed E-state index contributed by atoms with van der Waals surface area (Å²) in [6, 6.07) is 3.74. The molecule has 3 aromatic rings. The average Bonchev–Trinajstić information content (AvgIpc) is 3.22. The molecule has 0 aliphatic rings. The molecular weight excluding hydrogens is 450 g/mol. The number of benzene rings is 1. The number of nitrogens with zero attached hydrogens (tertiary/aromatic N) is 2. The third kappa shape index (κ3) is 5.75. The van der Waals surface area contributed by atoms with Crippen LogP contribution in [0.1, 0.15) is 43.1 Å². The van der Waals surface area contributed by atoms with Gasteiger partial charge in [-0.05, 0) is 37.7 Å². The van der Waals surface area contributed by atoms with E-state index in [0.717, 1.165) is 31.8 Å². The fourth-order valence-electron chi connectivity index (χ4n) is 3.42. The molecule has 1 unspecified atom stereocenters. The summed E-state index contributed by atoms with van der Waals surface area (Å²) < 4.78 is 49.8. The van der Waals surface area contributed by atoms with E-state index in [1.165, 1.54) is 12.4 Å². The number of likely N-dealkylation sites (N-methyl/N-ethyl adjacent to an activating group) is 1. The number of anilines is 1. The van der Waals surface area contributed by atoms with Crippen molar-refractivity contribution in [1.82, 2.24) is 14.9 Å². The lowest BCUT2D eigenvalue weighted by atomic mass is 10.0. The monoisotopic (exact) mass is 478 g/mol. The minimum absolute atomic E-state index is 0.0660. The maximum Gasteiger partial charge on any atom is 0.201 e. The Balaban J connectivity index is 1.88. The zero-order valence-corrected chi connectivity index (χ0v) is 19.7. The molecule has 10 heteroatoms. The van der Waals surface area contributed by atoms with Crippen molar-refractivity contribution < 1.29 is 22.5 Å². The van der Waals surface area contributed by atoms with E-state index in [9.17, 15) is 13.4 Å². The smallest absolute Gasteiger partial charge is 0.201 e. The second-order valence-electron chi connectivity index (χ2n) is 7.41. The molecule has 0 saturated carbocycles. The lowest BCUT2D eigenvalue weighted by Gasteiger charge is -2.17. The number of hydrogen-bond donors (Lipinski definition) is 2. The van der Waals surface area contributed by atoms with Crippen LogP contribution in [0.3, 0.4) is 0 Å². The van der Waals surface area contributed by atoms with Crippen LogP contribution in [0.25, 0.3) is 11.0 Å². The Morgan fingerprint density at radius 3 is 2.70 bits per heavy atom. The number of aromatic amines is 1. The lowest BCUT2D eigenvalue weighted by molar-refractivity contribution is 0.103. The summed E-state index contributed by atoms with van der Waals surface area (Å²) in [7, 11) is -1.54. The van der Waals surface area contributed by atoms with Crippen LogP contribution in [0.5, 0.6) is 5.75 Å². The summed E-state index contributed by atoms with van der Waals surface area (Å²) in [6.07, 6.45) is 3.52. The number of carbonyl (C=O) groups is 1. The predicted molar refractivity (Wildman–Crippen MR) is 126 cm³/mol. The normalized spacial score (nSPS) is 12.3. The van der Waals surface area contributed by atoms with E-state index in [-0.39, 0.29) is 11.3 Å². The highest BCUT2D eigenvalue weighted by atomic mass is 32.2. The first-order valence-corrected chi connectivity index (χ1v) is 12.2. The highest BCUT2D eigenvalue weighted by Gasteiger charge is 2.25. The first-order chi connectivity index (χ1) is 15.9. The maximum atomic E-state index is 15.1. The quantitative estimate of drug-likeness (QED) is 0.380. The summed E-state index contributed by atoms with van der Waals surface area (Å²) in [4.78, 5) is 22.5. The fourth-order valence-corrected chi connectivity index (χ4v) is 4.29. The Morgan fingerprint density at radius 2 is 2.00 bits per heavy atom. The van der Waals surface area contributed by atoms with Gasteiger partial charge in [-0.1, -0.05) is 20.8 Å². The van der Waals surface area contributed by atoms with Gasteiger partial charge in [-0.15, -0.1) is 0 Å². The number of carbonyl (C=O) groups excluding carboxylic acids is 1. The van der Waals surface area contributed by atoms with Gasteiger partial charge in [-0.25, -0.2) is 18.0 Å². The summed E-state index contributed by atoms with van der Waals surface area (Å²) in [5.41, 5.74) is -0.447. The molecule has 2 aromatic heterocycles. The summed E-state index contributed by atoms with van der Waals surface area (Å²) in [5, 5.41) is 0.395. The number of fused-ring (bicyclic) bond motifs is 1. The van der Waals surface area contributed by atoms with E-state index in [2.05, 4.69) is 33.4 Å². The van der Waals surface area contributed by atoms with E-state index in [0.29, 0.717) is 35.6 Å². The molecule has 0 fully saturated rings. The molecule has 0 bridgehead atoms. The number of nitrogens with one attached hydrogen (secondary N) is 2. The number of rotatable bonds is 12. The van der Waals surface area contributed by atoms with Crippen LogP contribution in [0.2, 0.25) is 0 Å². The summed E-state index contributed by atoms with van der Waals surface area (Å²) in [5.74, 6) is -2.18. The minimum atomic E-state index is -1.54. The third-order valence-electron chi connectivity index (χ3n) is 5.25. The molecular formula is C23H28F2N4O3S. The molecule has 1 atom stereocenters. The standard InChI is InChI=1S/C23H28F2N4O3S/c1-4-11-33(31)28-19-8-7-18(24)20(21(19)25)22(30)17-14-27-23-16(17)12-15(13-26-23)32-10-9-29(5-2)6-3/h7-8,12-14,28H,4-6,9-11H2,1-3H3,(H,26,27). The Labute approximate surface area is 194 Å². The van der Waals surface area contributed by atoms with Gasteiger partial charge in [0.15, 0.2) is 5.82 Å². The summed E-state index contributed by atoms with van der Waals surface area (Å²) >= 11 is 0. The highest BCUT2D eigenvalue weighted by molar-refractivity contribution is 7.86. The first kappa shape index (κ1) is 24.8. The van der Waals surface area contributed by atoms with Crippen molar-refractivity contribution in [3.05, 3.63) is 53.4 Å². The molecule has 2 N–H and O–H groups in total. The van der Waals surface area contributed by atoms with Gasteiger partial charge < -0.3 is 19.3 Å². The predicted octanol–water partition coefficient (Wildman–Crippen LogP) is 4.28.